The molecular weight excluding hydrogens is 458 g/mol. The van der Waals surface area contributed by atoms with Crippen LogP contribution in [0.15, 0.2) is 30.3 Å². The van der Waals surface area contributed by atoms with Crippen molar-refractivity contribution in [2.24, 2.45) is 0 Å². The summed E-state index contributed by atoms with van der Waals surface area (Å²) in [6.07, 6.45) is -0.781. The van der Waals surface area contributed by atoms with Gasteiger partial charge in [0.25, 0.3) is 0 Å². The Balaban J connectivity index is 2.16. The summed E-state index contributed by atoms with van der Waals surface area (Å²) >= 11 is 0. The van der Waals surface area contributed by atoms with Gasteiger partial charge in [0.1, 0.15) is 25.1 Å². The van der Waals surface area contributed by atoms with E-state index in [1.807, 2.05) is 33.9 Å². The maximum absolute atomic E-state index is 13.5. The molecule has 0 aliphatic carbocycles. The summed E-state index contributed by atoms with van der Waals surface area (Å²) in [5, 5.41) is 0.407. The topological polar surface area (TPSA) is 74.7 Å². The summed E-state index contributed by atoms with van der Waals surface area (Å²) < 4.78 is 88.9. The number of rotatable bonds is 8. The van der Waals surface area contributed by atoms with E-state index in [9.17, 15) is 26.0 Å². The van der Waals surface area contributed by atoms with E-state index in [2.05, 4.69) is 9.17 Å². The Kier molecular flexibility index (Phi) is 7.28. The van der Waals surface area contributed by atoms with Crippen LogP contribution >= 0.6 is 0 Å². The van der Waals surface area contributed by atoms with Crippen LogP contribution in [0.3, 0.4) is 0 Å². The van der Waals surface area contributed by atoms with Crippen LogP contribution < -0.4 is 8.92 Å². The Morgan fingerprint density at radius 2 is 1.71 bits per heavy atom. The molecule has 1 heterocycles. The van der Waals surface area contributed by atoms with Crippen LogP contribution in [-0.2, 0) is 14.5 Å². The molecule has 0 aliphatic rings. The number of fused-ring (bicyclic) bond motifs is 1. The minimum atomic E-state index is -5.83. The molecule has 0 bridgehead atoms. The van der Waals surface area contributed by atoms with Crippen LogP contribution in [-0.4, -0.2) is 46.6 Å². The molecule has 0 saturated carbocycles. The van der Waals surface area contributed by atoms with Crippen molar-refractivity contribution in [3.63, 3.8) is 0 Å². The van der Waals surface area contributed by atoms with E-state index in [4.69, 9.17) is 9.16 Å². The molecule has 0 amide bonds. The van der Waals surface area contributed by atoms with Gasteiger partial charge in [0.05, 0.1) is 5.52 Å². The first-order valence-electron chi connectivity index (χ1n) is 9.34. The highest BCUT2D eigenvalue weighted by Crippen LogP contribution is 2.37. The molecule has 2 rings (SSSR count). The standard InChI is InChI=1S/C19H25F4NO5SSi/c1-18(2,3)31(4,5)29-15(11-20)12-27-14-8-6-13-7-9-17(24-16(13)10-14)28-30(25,26)19(21,22)23/h6-10,15H,11-12H2,1-5H3. The van der Waals surface area contributed by atoms with Crippen LogP contribution in [0.2, 0.25) is 18.1 Å². The number of ether oxygens (including phenoxy) is 1. The van der Waals surface area contributed by atoms with Gasteiger partial charge in [0.2, 0.25) is 5.88 Å². The molecule has 1 aromatic heterocycles. The number of alkyl halides is 4. The SMILES string of the molecule is CC(C)(C)[Si](C)(C)OC(CF)COc1ccc2ccc(OS(=O)(=O)C(F)(F)F)nc2c1. The molecule has 174 valence electrons. The molecule has 6 nitrogen and oxygen atoms in total. The highest BCUT2D eigenvalue weighted by molar-refractivity contribution is 7.87. The molecule has 0 saturated heterocycles. The van der Waals surface area contributed by atoms with E-state index in [0.29, 0.717) is 5.39 Å². The molecule has 31 heavy (non-hydrogen) atoms. The van der Waals surface area contributed by atoms with E-state index < -0.39 is 42.6 Å². The fourth-order valence-corrected chi connectivity index (χ4v) is 4.00. The number of aromatic nitrogens is 1. The van der Waals surface area contributed by atoms with Gasteiger partial charge in [0, 0.05) is 17.5 Å². The summed E-state index contributed by atoms with van der Waals surface area (Å²) in [4.78, 5) is 3.79. The zero-order valence-electron chi connectivity index (χ0n) is 17.8. The quantitative estimate of drug-likeness (QED) is 0.222. The fraction of sp³-hybridized carbons (Fsp3) is 0.526. The smallest absolute Gasteiger partial charge is 0.491 e. The normalized spacial score (nSPS) is 14.5. The summed E-state index contributed by atoms with van der Waals surface area (Å²) in [6.45, 7) is 9.26. The fourth-order valence-electron chi connectivity index (χ4n) is 2.27. The van der Waals surface area contributed by atoms with Crippen molar-refractivity contribution in [1.82, 2.24) is 4.98 Å². The molecule has 0 fully saturated rings. The van der Waals surface area contributed by atoms with Crippen LogP contribution in [0, 0.1) is 0 Å². The molecule has 0 aliphatic heterocycles. The molecule has 1 aromatic carbocycles. The monoisotopic (exact) mass is 483 g/mol. The Labute approximate surface area is 179 Å². The van der Waals surface area contributed by atoms with Gasteiger partial charge in [-0.25, -0.2) is 9.37 Å². The summed E-state index contributed by atoms with van der Waals surface area (Å²) in [5.74, 6) is -0.460. The molecule has 0 radical (unpaired) electrons. The van der Waals surface area contributed by atoms with Crippen molar-refractivity contribution in [3.8, 4) is 11.6 Å². The van der Waals surface area contributed by atoms with Crippen LogP contribution in [0.4, 0.5) is 17.6 Å². The molecule has 0 spiro atoms. The van der Waals surface area contributed by atoms with E-state index >= 15 is 0 Å². The van der Waals surface area contributed by atoms with Crippen molar-refractivity contribution >= 4 is 29.3 Å². The third kappa shape index (κ3) is 6.29. The lowest BCUT2D eigenvalue weighted by atomic mass is 10.2. The number of hydrogen-bond acceptors (Lipinski definition) is 6. The first-order chi connectivity index (χ1) is 14.1. The second-order valence-electron chi connectivity index (χ2n) is 8.45. The molecule has 2 aromatic rings. The molecule has 1 atom stereocenters. The Hall–Kier alpha value is -1.92. The van der Waals surface area contributed by atoms with Gasteiger partial charge in [-0.1, -0.05) is 20.8 Å². The minimum absolute atomic E-state index is 0.0762. The predicted molar refractivity (Wildman–Crippen MR) is 111 cm³/mol. The Bertz CT molecular complexity index is 1020. The Morgan fingerprint density at radius 1 is 1.10 bits per heavy atom. The lowest BCUT2D eigenvalue weighted by molar-refractivity contribution is -0.0501. The van der Waals surface area contributed by atoms with Crippen molar-refractivity contribution in [1.29, 1.82) is 0 Å². The van der Waals surface area contributed by atoms with Crippen molar-refractivity contribution in [3.05, 3.63) is 30.3 Å². The lowest BCUT2D eigenvalue weighted by Crippen LogP contribution is -2.46. The number of nitrogens with zero attached hydrogens (tertiary/aromatic N) is 1. The van der Waals surface area contributed by atoms with Crippen LogP contribution in [0.5, 0.6) is 11.6 Å². The number of halogens is 4. The largest absolute Gasteiger partial charge is 0.534 e. The number of benzene rings is 1. The van der Waals surface area contributed by atoms with Crippen molar-refractivity contribution < 1.29 is 39.3 Å². The zero-order valence-corrected chi connectivity index (χ0v) is 19.6. The molecule has 0 N–H and O–H groups in total. The average molecular weight is 484 g/mol. The molecular formula is C19H25F4NO5SSi. The zero-order chi connectivity index (χ0) is 23.7. The maximum atomic E-state index is 13.5. The molecule has 1 unspecified atom stereocenters. The van der Waals surface area contributed by atoms with E-state index in [-0.39, 0.29) is 22.9 Å². The average Bonchev–Trinajstić information content (AvgIpc) is 2.62. The van der Waals surface area contributed by atoms with Crippen LogP contribution in [0.25, 0.3) is 10.9 Å². The Morgan fingerprint density at radius 3 is 2.26 bits per heavy atom. The highest BCUT2D eigenvalue weighted by atomic mass is 32.2. The first-order valence-corrected chi connectivity index (χ1v) is 13.7. The van der Waals surface area contributed by atoms with Gasteiger partial charge in [-0.05, 0) is 36.3 Å². The summed E-state index contributed by atoms with van der Waals surface area (Å²) in [7, 11) is -8.05. The van der Waals surface area contributed by atoms with E-state index in [1.165, 1.54) is 12.1 Å². The van der Waals surface area contributed by atoms with E-state index in [0.717, 1.165) is 6.07 Å². The first kappa shape index (κ1) is 25.3. The van der Waals surface area contributed by atoms with Gasteiger partial charge >= 0.3 is 15.6 Å². The summed E-state index contributed by atoms with van der Waals surface area (Å²) in [5.41, 5.74) is -5.42. The minimum Gasteiger partial charge on any atom is -0.491 e. The van der Waals surface area contributed by atoms with Crippen molar-refractivity contribution in [2.75, 3.05) is 13.3 Å². The number of hydrogen-bond donors (Lipinski definition) is 0. The van der Waals surface area contributed by atoms with Gasteiger partial charge in [-0.15, -0.1) is 0 Å². The highest BCUT2D eigenvalue weighted by Gasteiger charge is 2.48. The van der Waals surface area contributed by atoms with Crippen molar-refractivity contribution in [2.45, 2.75) is 50.5 Å². The van der Waals surface area contributed by atoms with E-state index in [1.54, 1.807) is 12.1 Å². The maximum Gasteiger partial charge on any atom is 0.534 e. The lowest BCUT2D eigenvalue weighted by Gasteiger charge is -2.38. The summed E-state index contributed by atoms with van der Waals surface area (Å²) in [6, 6.07) is 6.93. The third-order valence-corrected chi connectivity index (χ3v) is 10.5. The van der Waals surface area contributed by atoms with Gasteiger partial charge in [-0.2, -0.15) is 21.6 Å². The third-order valence-electron chi connectivity index (χ3n) is 4.99. The number of pyridine rings is 1. The molecule has 12 heteroatoms. The van der Waals surface area contributed by atoms with Gasteiger partial charge in [-0.3, -0.25) is 0 Å². The second-order valence-corrected chi connectivity index (χ2v) is 14.7. The van der Waals surface area contributed by atoms with Gasteiger partial charge < -0.3 is 13.3 Å². The second kappa shape index (κ2) is 8.91. The van der Waals surface area contributed by atoms with Gasteiger partial charge in [0.15, 0.2) is 8.32 Å². The van der Waals surface area contributed by atoms with Crippen LogP contribution in [0.1, 0.15) is 20.8 Å². The predicted octanol–water partition coefficient (Wildman–Crippen LogP) is 5.20.